The first-order chi connectivity index (χ1) is 16.8. The lowest BCUT2D eigenvalue weighted by Crippen LogP contribution is -2.32. The quantitative estimate of drug-likeness (QED) is 0.213. The van der Waals surface area contributed by atoms with Crippen LogP contribution >= 0.6 is 0 Å². The van der Waals surface area contributed by atoms with Gasteiger partial charge in [0, 0.05) is 30.8 Å². The number of hydrogen-bond acceptors (Lipinski definition) is 8. The molecular formula is C25H32N2O7S. The van der Waals surface area contributed by atoms with Gasteiger partial charge in [0.15, 0.2) is 11.5 Å². The van der Waals surface area contributed by atoms with Gasteiger partial charge in [0.1, 0.15) is 4.90 Å². The summed E-state index contributed by atoms with van der Waals surface area (Å²) in [5.74, 6) is 0.576. The Labute approximate surface area is 208 Å². The highest BCUT2D eigenvalue weighted by molar-refractivity contribution is 7.88. The van der Waals surface area contributed by atoms with Gasteiger partial charge >= 0.3 is 5.97 Å². The topological polar surface area (TPSA) is 108 Å². The van der Waals surface area contributed by atoms with Crippen molar-refractivity contribution in [3.63, 3.8) is 0 Å². The third kappa shape index (κ3) is 8.10. The van der Waals surface area contributed by atoms with E-state index in [0.29, 0.717) is 44.0 Å². The van der Waals surface area contributed by atoms with Gasteiger partial charge < -0.3 is 19.1 Å². The summed E-state index contributed by atoms with van der Waals surface area (Å²) in [6, 6.07) is 11.6. The Morgan fingerprint density at radius 2 is 1.86 bits per heavy atom. The van der Waals surface area contributed by atoms with Crippen molar-refractivity contribution in [3.8, 4) is 11.5 Å². The first kappa shape index (κ1) is 27.8. The monoisotopic (exact) mass is 504 g/mol. The number of esters is 1. The molecule has 0 aliphatic carbocycles. The summed E-state index contributed by atoms with van der Waals surface area (Å²) in [5.41, 5.74) is 0.787. The van der Waals surface area contributed by atoms with Gasteiger partial charge in [-0.25, -0.2) is 4.21 Å². The van der Waals surface area contributed by atoms with E-state index in [-0.39, 0.29) is 22.5 Å². The Morgan fingerprint density at radius 3 is 2.49 bits per heavy atom. The number of nitrogens with zero attached hydrogens (tertiary/aromatic N) is 2. The van der Waals surface area contributed by atoms with E-state index < -0.39 is 15.7 Å². The average molecular weight is 505 g/mol. The Bertz CT molecular complexity index is 1060. The maximum absolute atomic E-state index is 12.9. The number of rotatable bonds is 14. The summed E-state index contributed by atoms with van der Waals surface area (Å²) in [6.07, 6.45) is 2.82. The minimum absolute atomic E-state index is 0.117. The standard InChI is InChI=1S/C25H32N2O7S/c1-5-20(25(28)34-6-2)18-26(14-13-19-11-12-22(32-3)23(17-19)33-4)15-16-35(31)24-10-8-7-9-21(24)27(29)30/h7-12,15-17,20H,5-6,13-14,18H2,1-4H3/b16-15-/t20?,35-/m1/s1. The molecule has 0 bridgehead atoms. The van der Waals surface area contributed by atoms with E-state index in [2.05, 4.69) is 0 Å². The van der Waals surface area contributed by atoms with Crippen molar-refractivity contribution in [1.29, 1.82) is 0 Å². The summed E-state index contributed by atoms with van der Waals surface area (Å²) < 4.78 is 28.7. The molecule has 0 amide bonds. The maximum atomic E-state index is 12.9. The lowest BCUT2D eigenvalue weighted by Gasteiger charge is -2.25. The molecule has 2 aromatic rings. The molecule has 0 fully saturated rings. The Balaban J connectivity index is 2.25. The molecule has 2 aromatic carbocycles. The molecule has 0 saturated heterocycles. The first-order valence-corrected chi connectivity index (χ1v) is 12.5. The molecular weight excluding hydrogens is 472 g/mol. The smallest absolute Gasteiger partial charge is 0.310 e. The van der Waals surface area contributed by atoms with Gasteiger partial charge in [0.05, 0.1) is 42.5 Å². The van der Waals surface area contributed by atoms with E-state index in [0.717, 1.165) is 5.56 Å². The molecule has 0 aliphatic heterocycles. The fraction of sp³-hybridized carbons (Fsp3) is 0.400. The zero-order chi connectivity index (χ0) is 25.8. The molecule has 2 rings (SSSR count). The van der Waals surface area contributed by atoms with E-state index in [1.54, 1.807) is 33.4 Å². The van der Waals surface area contributed by atoms with Gasteiger partial charge in [-0.2, -0.15) is 0 Å². The molecule has 0 radical (unpaired) electrons. The fourth-order valence-electron chi connectivity index (χ4n) is 3.44. The molecule has 0 heterocycles. The molecule has 9 nitrogen and oxygen atoms in total. The van der Waals surface area contributed by atoms with E-state index in [4.69, 9.17) is 14.2 Å². The summed E-state index contributed by atoms with van der Waals surface area (Å²) in [7, 11) is 1.40. The number of carbonyl (C=O) groups is 1. The molecule has 0 N–H and O–H groups in total. The zero-order valence-corrected chi connectivity index (χ0v) is 21.3. The lowest BCUT2D eigenvalue weighted by atomic mass is 10.1. The molecule has 2 atom stereocenters. The van der Waals surface area contributed by atoms with Crippen molar-refractivity contribution in [3.05, 3.63) is 69.8 Å². The minimum atomic E-state index is -1.74. The molecule has 0 saturated carbocycles. The van der Waals surface area contributed by atoms with Crippen molar-refractivity contribution in [2.75, 3.05) is 33.9 Å². The molecule has 1 unspecified atom stereocenters. The minimum Gasteiger partial charge on any atom is -0.493 e. The molecule has 190 valence electrons. The van der Waals surface area contributed by atoms with Gasteiger partial charge in [-0.15, -0.1) is 0 Å². The molecule has 0 aliphatic rings. The second-order valence-corrected chi connectivity index (χ2v) is 8.91. The molecule has 0 aromatic heterocycles. The van der Waals surface area contributed by atoms with Crippen molar-refractivity contribution in [2.45, 2.75) is 31.6 Å². The highest BCUT2D eigenvalue weighted by Gasteiger charge is 2.21. The van der Waals surface area contributed by atoms with Crippen molar-refractivity contribution in [1.82, 2.24) is 4.90 Å². The molecule has 10 heteroatoms. The predicted molar refractivity (Wildman–Crippen MR) is 134 cm³/mol. The highest BCUT2D eigenvalue weighted by Crippen LogP contribution is 2.28. The van der Waals surface area contributed by atoms with Crippen LogP contribution in [0.3, 0.4) is 0 Å². The largest absolute Gasteiger partial charge is 0.493 e. The van der Waals surface area contributed by atoms with E-state index in [1.807, 2.05) is 30.0 Å². The van der Waals surface area contributed by atoms with Crippen LogP contribution in [0.2, 0.25) is 0 Å². The van der Waals surface area contributed by atoms with Gasteiger partial charge in [-0.3, -0.25) is 14.9 Å². The SMILES string of the molecule is CCOC(=O)C(CC)CN(/C=C\[S@@](=O)c1ccccc1[N+](=O)[O-])CCc1ccc(OC)c(OC)c1. The third-order valence-electron chi connectivity index (χ3n) is 5.38. The number of ether oxygens (including phenoxy) is 3. The van der Waals surface area contributed by atoms with Crippen molar-refractivity contribution in [2.24, 2.45) is 5.92 Å². The Morgan fingerprint density at radius 1 is 1.14 bits per heavy atom. The van der Waals surface area contributed by atoms with Crippen LogP contribution < -0.4 is 9.47 Å². The predicted octanol–water partition coefficient (Wildman–Crippen LogP) is 4.32. The highest BCUT2D eigenvalue weighted by atomic mass is 32.2. The van der Waals surface area contributed by atoms with E-state index in [9.17, 15) is 19.1 Å². The Kier molecular flexibility index (Phi) is 11.2. The lowest BCUT2D eigenvalue weighted by molar-refractivity contribution is -0.387. The number of nitro groups is 1. The average Bonchev–Trinajstić information content (AvgIpc) is 2.87. The van der Waals surface area contributed by atoms with Gasteiger partial charge in [-0.05, 0) is 43.5 Å². The van der Waals surface area contributed by atoms with Crippen LogP contribution in [0.25, 0.3) is 0 Å². The van der Waals surface area contributed by atoms with Crippen molar-refractivity contribution < 1.29 is 28.1 Å². The maximum Gasteiger partial charge on any atom is 0.310 e. The van der Waals surface area contributed by atoms with Crippen LogP contribution in [0.5, 0.6) is 11.5 Å². The summed E-state index contributed by atoms with van der Waals surface area (Å²) in [6.45, 7) is 4.82. The zero-order valence-electron chi connectivity index (χ0n) is 20.5. The second-order valence-electron chi connectivity index (χ2n) is 7.60. The van der Waals surface area contributed by atoms with Crippen LogP contribution in [0, 0.1) is 16.0 Å². The van der Waals surface area contributed by atoms with Crippen LogP contribution in [0.15, 0.2) is 59.0 Å². The Hall–Kier alpha value is -3.40. The summed E-state index contributed by atoms with van der Waals surface area (Å²) in [4.78, 5) is 25.1. The van der Waals surface area contributed by atoms with Crippen LogP contribution in [-0.4, -0.2) is 53.9 Å². The van der Waals surface area contributed by atoms with Crippen LogP contribution in [0.1, 0.15) is 25.8 Å². The van der Waals surface area contributed by atoms with Crippen LogP contribution in [-0.2, 0) is 26.8 Å². The molecule has 0 spiro atoms. The van der Waals surface area contributed by atoms with E-state index >= 15 is 0 Å². The summed E-state index contributed by atoms with van der Waals surface area (Å²) >= 11 is 0. The van der Waals surface area contributed by atoms with Gasteiger partial charge in [0.25, 0.3) is 5.69 Å². The number of benzene rings is 2. The van der Waals surface area contributed by atoms with E-state index in [1.165, 1.54) is 23.6 Å². The number of carbonyl (C=O) groups excluding carboxylic acids is 1. The number of methoxy groups -OCH3 is 2. The number of nitro benzene ring substituents is 1. The number of hydrogen-bond donors (Lipinski definition) is 0. The van der Waals surface area contributed by atoms with Gasteiger partial charge in [0.2, 0.25) is 0 Å². The number of para-hydroxylation sites is 1. The third-order valence-corrected chi connectivity index (χ3v) is 6.52. The van der Waals surface area contributed by atoms with Gasteiger partial charge in [-0.1, -0.05) is 25.1 Å². The van der Waals surface area contributed by atoms with Crippen molar-refractivity contribution >= 4 is 22.5 Å². The van der Waals surface area contributed by atoms with Crippen LogP contribution in [0.4, 0.5) is 5.69 Å². The normalized spacial score (nSPS) is 12.7. The fourth-order valence-corrected chi connectivity index (χ4v) is 4.43. The molecule has 35 heavy (non-hydrogen) atoms. The summed E-state index contributed by atoms with van der Waals surface area (Å²) in [5, 5.41) is 12.7. The first-order valence-electron chi connectivity index (χ1n) is 11.3. The second kappa shape index (κ2) is 14.1.